The Hall–Kier alpha value is -1.78. The summed E-state index contributed by atoms with van der Waals surface area (Å²) in [5, 5.41) is 3.47. The molecule has 2 fully saturated rings. The van der Waals surface area contributed by atoms with Gasteiger partial charge in [-0.2, -0.15) is 0 Å². The number of amides is 1. The topological polar surface area (TPSA) is 41.6 Å². The maximum atomic E-state index is 13.0. The van der Waals surface area contributed by atoms with Gasteiger partial charge in [0, 0.05) is 23.8 Å². The molecule has 2 unspecified atom stereocenters. The minimum absolute atomic E-state index is 0.190. The van der Waals surface area contributed by atoms with Gasteiger partial charge in [-0.15, -0.1) is 0 Å². The van der Waals surface area contributed by atoms with Crippen LogP contribution in [0.2, 0.25) is 0 Å². The normalized spacial score (nSPS) is 27.0. The van der Waals surface area contributed by atoms with E-state index in [1.807, 2.05) is 25.7 Å². The van der Waals surface area contributed by atoms with E-state index < -0.39 is 5.60 Å². The van der Waals surface area contributed by atoms with Crippen molar-refractivity contribution in [3.63, 3.8) is 0 Å². The summed E-state index contributed by atoms with van der Waals surface area (Å²) < 4.78 is 18.5. The van der Waals surface area contributed by atoms with Crippen LogP contribution >= 0.6 is 0 Å². The fraction of sp³-hybridized carbons (Fsp3) is 0.611. The van der Waals surface area contributed by atoms with Crippen molar-refractivity contribution in [2.24, 2.45) is 0 Å². The summed E-state index contributed by atoms with van der Waals surface area (Å²) in [4.78, 5) is 14.4. The standard InChI is InChI=1S/C18H25FN2O2/c1-18(2,3)23-17(22)21-15-8-9-16(21)11-14(10-15)20-13-6-4-12(19)5-7-13/h4-7,14-16,20H,8-11H2,1-3H3. The highest BCUT2D eigenvalue weighted by atomic mass is 19.1. The van der Waals surface area contributed by atoms with E-state index in [0.717, 1.165) is 31.4 Å². The van der Waals surface area contributed by atoms with Gasteiger partial charge in [0.1, 0.15) is 11.4 Å². The molecule has 23 heavy (non-hydrogen) atoms. The van der Waals surface area contributed by atoms with Gasteiger partial charge in [-0.3, -0.25) is 0 Å². The summed E-state index contributed by atoms with van der Waals surface area (Å²) in [6, 6.07) is 7.24. The van der Waals surface area contributed by atoms with Crippen LogP contribution in [0.1, 0.15) is 46.5 Å². The van der Waals surface area contributed by atoms with Crippen LogP contribution in [0.25, 0.3) is 0 Å². The second-order valence-electron chi connectivity index (χ2n) is 7.59. The van der Waals surface area contributed by atoms with E-state index in [1.54, 1.807) is 12.1 Å². The molecule has 4 nitrogen and oxygen atoms in total. The van der Waals surface area contributed by atoms with Crippen molar-refractivity contribution in [2.75, 3.05) is 5.32 Å². The van der Waals surface area contributed by atoms with Crippen molar-refractivity contribution in [1.29, 1.82) is 0 Å². The van der Waals surface area contributed by atoms with Crippen molar-refractivity contribution in [3.8, 4) is 0 Å². The summed E-state index contributed by atoms with van der Waals surface area (Å²) >= 11 is 0. The zero-order valence-electron chi connectivity index (χ0n) is 14.0. The predicted molar refractivity (Wildman–Crippen MR) is 87.9 cm³/mol. The first-order valence-corrected chi connectivity index (χ1v) is 8.35. The Morgan fingerprint density at radius 2 is 1.74 bits per heavy atom. The molecular weight excluding hydrogens is 295 g/mol. The van der Waals surface area contributed by atoms with Crippen LogP contribution in [-0.2, 0) is 4.74 Å². The van der Waals surface area contributed by atoms with Gasteiger partial charge in [-0.1, -0.05) is 0 Å². The zero-order valence-corrected chi connectivity index (χ0v) is 14.0. The molecule has 5 heteroatoms. The van der Waals surface area contributed by atoms with E-state index in [-0.39, 0.29) is 24.0 Å². The number of fused-ring (bicyclic) bond motifs is 2. The molecule has 1 aromatic carbocycles. The molecule has 1 amide bonds. The van der Waals surface area contributed by atoms with E-state index in [4.69, 9.17) is 4.74 Å². The van der Waals surface area contributed by atoms with Crippen molar-refractivity contribution in [1.82, 2.24) is 4.90 Å². The first kappa shape index (κ1) is 16.1. The Morgan fingerprint density at radius 1 is 1.17 bits per heavy atom. The fourth-order valence-corrected chi connectivity index (χ4v) is 3.69. The number of carbonyl (C=O) groups is 1. The number of hydrogen-bond acceptors (Lipinski definition) is 3. The van der Waals surface area contributed by atoms with Crippen LogP contribution in [0.5, 0.6) is 0 Å². The highest BCUT2D eigenvalue weighted by molar-refractivity contribution is 5.69. The summed E-state index contributed by atoms with van der Waals surface area (Å²) in [6.45, 7) is 5.70. The number of nitrogens with zero attached hydrogens (tertiary/aromatic N) is 1. The highest BCUT2D eigenvalue weighted by Gasteiger charge is 2.44. The minimum atomic E-state index is -0.459. The number of benzene rings is 1. The van der Waals surface area contributed by atoms with E-state index in [1.165, 1.54) is 12.1 Å². The number of halogens is 1. The molecule has 1 N–H and O–H groups in total. The predicted octanol–water partition coefficient (Wildman–Crippen LogP) is 4.17. The molecule has 2 aliphatic rings. The molecule has 0 spiro atoms. The lowest BCUT2D eigenvalue weighted by Crippen LogP contribution is -2.51. The Labute approximate surface area is 137 Å². The van der Waals surface area contributed by atoms with Gasteiger partial charge in [-0.05, 0) is 70.7 Å². The lowest BCUT2D eigenvalue weighted by atomic mass is 9.97. The van der Waals surface area contributed by atoms with Gasteiger partial charge < -0.3 is 15.0 Å². The van der Waals surface area contributed by atoms with Gasteiger partial charge in [0.15, 0.2) is 0 Å². The molecule has 2 aliphatic heterocycles. The van der Waals surface area contributed by atoms with E-state index in [0.29, 0.717) is 6.04 Å². The monoisotopic (exact) mass is 320 g/mol. The third-order valence-corrected chi connectivity index (χ3v) is 4.55. The second-order valence-corrected chi connectivity index (χ2v) is 7.59. The van der Waals surface area contributed by atoms with Crippen LogP contribution in [-0.4, -0.2) is 34.7 Å². The Bertz CT molecular complexity index is 553. The highest BCUT2D eigenvalue weighted by Crippen LogP contribution is 2.37. The maximum absolute atomic E-state index is 13.0. The van der Waals surface area contributed by atoms with Crippen LogP contribution in [0, 0.1) is 5.82 Å². The lowest BCUT2D eigenvalue weighted by Gasteiger charge is -2.40. The molecule has 1 aromatic rings. The second kappa shape index (κ2) is 6.02. The third kappa shape index (κ3) is 3.77. The summed E-state index contributed by atoms with van der Waals surface area (Å²) in [5.41, 5.74) is 0.473. The molecule has 0 radical (unpaired) electrons. The van der Waals surface area contributed by atoms with Crippen LogP contribution in [0.3, 0.4) is 0 Å². The number of hydrogen-bond donors (Lipinski definition) is 1. The van der Waals surface area contributed by atoms with Gasteiger partial charge in [0.2, 0.25) is 0 Å². The quantitative estimate of drug-likeness (QED) is 0.889. The number of rotatable bonds is 2. The lowest BCUT2D eigenvalue weighted by molar-refractivity contribution is 0.00684. The molecule has 0 saturated carbocycles. The summed E-state index contributed by atoms with van der Waals surface area (Å²) in [7, 11) is 0. The molecule has 0 aromatic heterocycles. The Kier molecular flexibility index (Phi) is 4.21. The number of ether oxygens (including phenoxy) is 1. The molecular formula is C18H25FN2O2. The molecule has 126 valence electrons. The number of nitrogens with one attached hydrogen (secondary N) is 1. The van der Waals surface area contributed by atoms with Gasteiger partial charge in [0.05, 0.1) is 0 Å². The molecule has 2 heterocycles. The summed E-state index contributed by atoms with van der Waals surface area (Å²) in [5.74, 6) is -0.227. The average molecular weight is 320 g/mol. The zero-order chi connectivity index (χ0) is 16.6. The average Bonchev–Trinajstić information content (AvgIpc) is 2.72. The van der Waals surface area contributed by atoms with Crippen molar-refractivity contribution < 1.29 is 13.9 Å². The van der Waals surface area contributed by atoms with Gasteiger partial charge in [0.25, 0.3) is 0 Å². The maximum Gasteiger partial charge on any atom is 0.410 e. The molecule has 0 aliphatic carbocycles. The van der Waals surface area contributed by atoms with Gasteiger partial charge >= 0.3 is 6.09 Å². The molecule has 2 bridgehead atoms. The minimum Gasteiger partial charge on any atom is -0.444 e. The van der Waals surface area contributed by atoms with Crippen molar-refractivity contribution in [3.05, 3.63) is 30.1 Å². The SMILES string of the molecule is CC(C)(C)OC(=O)N1C2CCC1CC(Nc1ccc(F)cc1)C2. The fourth-order valence-electron chi connectivity index (χ4n) is 3.69. The Balaban J connectivity index is 1.62. The van der Waals surface area contributed by atoms with E-state index >= 15 is 0 Å². The molecule has 2 atom stereocenters. The Morgan fingerprint density at radius 3 is 2.26 bits per heavy atom. The smallest absolute Gasteiger partial charge is 0.410 e. The van der Waals surface area contributed by atoms with Crippen LogP contribution in [0.15, 0.2) is 24.3 Å². The summed E-state index contributed by atoms with van der Waals surface area (Å²) in [6.07, 6.45) is 3.70. The van der Waals surface area contributed by atoms with Gasteiger partial charge in [-0.25, -0.2) is 9.18 Å². The first-order valence-electron chi connectivity index (χ1n) is 8.35. The number of piperidine rings is 1. The van der Waals surface area contributed by atoms with Crippen molar-refractivity contribution in [2.45, 2.75) is 70.2 Å². The largest absolute Gasteiger partial charge is 0.444 e. The van der Waals surface area contributed by atoms with Crippen LogP contribution in [0.4, 0.5) is 14.9 Å². The number of anilines is 1. The molecule has 2 saturated heterocycles. The van der Waals surface area contributed by atoms with Crippen LogP contribution < -0.4 is 5.32 Å². The van der Waals surface area contributed by atoms with Crippen molar-refractivity contribution >= 4 is 11.8 Å². The van der Waals surface area contributed by atoms with E-state index in [2.05, 4.69) is 5.32 Å². The number of carbonyl (C=O) groups excluding carboxylic acids is 1. The third-order valence-electron chi connectivity index (χ3n) is 4.55. The molecule has 3 rings (SSSR count). The van der Waals surface area contributed by atoms with E-state index in [9.17, 15) is 9.18 Å². The first-order chi connectivity index (χ1) is 10.8.